The standard InChI is InChI=1S/C8H16N2O2/c1-9-8(7(11)12)3-5-10(2)6-4-8/h9H,3-6H2,1-2H3,(H,11,12). The van der Waals surface area contributed by atoms with Crippen LogP contribution in [0, 0.1) is 0 Å². The van der Waals surface area contributed by atoms with Crippen molar-refractivity contribution < 1.29 is 9.90 Å². The fourth-order valence-corrected chi connectivity index (χ4v) is 1.57. The van der Waals surface area contributed by atoms with Gasteiger partial charge in [-0.15, -0.1) is 0 Å². The number of aliphatic carboxylic acids is 1. The smallest absolute Gasteiger partial charge is 0.323 e. The second-order valence-corrected chi connectivity index (χ2v) is 3.44. The summed E-state index contributed by atoms with van der Waals surface area (Å²) in [5.74, 6) is -0.724. The molecule has 0 amide bonds. The van der Waals surface area contributed by atoms with E-state index in [0.717, 1.165) is 13.1 Å². The molecule has 1 aliphatic rings. The molecule has 0 atom stereocenters. The van der Waals surface area contributed by atoms with E-state index >= 15 is 0 Å². The topological polar surface area (TPSA) is 52.6 Å². The number of carbonyl (C=O) groups is 1. The van der Waals surface area contributed by atoms with Crippen LogP contribution in [0.25, 0.3) is 0 Å². The summed E-state index contributed by atoms with van der Waals surface area (Å²) in [6.45, 7) is 1.71. The molecule has 4 nitrogen and oxygen atoms in total. The quantitative estimate of drug-likeness (QED) is 0.603. The molecule has 1 rings (SSSR count). The number of piperidine rings is 1. The van der Waals surface area contributed by atoms with Crippen LogP contribution in [0.4, 0.5) is 0 Å². The van der Waals surface area contributed by atoms with Gasteiger partial charge in [0.25, 0.3) is 0 Å². The summed E-state index contributed by atoms with van der Waals surface area (Å²) in [6.07, 6.45) is 1.38. The minimum absolute atomic E-state index is 0.674. The number of hydrogen-bond donors (Lipinski definition) is 2. The van der Waals surface area contributed by atoms with Gasteiger partial charge in [0.2, 0.25) is 0 Å². The van der Waals surface area contributed by atoms with E-state index in [0.29, 0.717) is 12.8 Å². The van der Waals surface area contributed by atoms with E-state index in [-0.39, 0.29) is 0 Å². The number of nitrogens with zero attached hydrogens (tertiary/aromatic N) is 1. The molecule has 2 N–H and O–H groups in total. The molecule has 0 aliphatic carbocycles. The van der Waals surface area contributed by atoms with Crippen molar-refractivity contribution in [2.24, 2.45) is 0 Å². The van der Waals surface area contributed by atoms with Crippen molar-refractivity contribution >= 4 is 5.97 Å². The molecule has 0 aromatic carbocycles. The Hall–Kier alpha value is -0.610. The second kappa shape index (κ2) is 3.41. The highest BCUT2D eigenvalue weighted by Crippen LogP contribution is 2.20. The van der Waals surface area contributed by atoms with Gasteiger partial charge in [0.1, 0.15) is 5.54 Å². The molecule has 12 heavy (non-hydrogen) atoms. The van der Waals surface area contributed by atoms with Crippen LogP contribution in [0.5, 0.6) is 0 Å². The monoisotopic (exact) mass is 172 g/mol. The zero-order chi connectivity index (χ0) is 9.19. The molecule has 4 heteroatoms. The predicted molar refractivity (Wildman–Crippen MR) is 46.2 cm³/mol. The molecule has 0 spiro atoms. The predicted octanol–water partition coefficient (Wildman–Crippen LogP) is -0.245. The normalized spacial score (nSPS) is 23.8. The van der Waals surface area contributed by atoms with Crippen molar-refractivity contribution in [3.05, 3.63) is 0 Å². The van der Waals surface area contributed by atoms with Crippen LogP contribution in [-0.2, 0) is 4.79 Å². The minimum atomic E-state index is -0.724. The third-order valence-electron chi connectivity index (χ3n) is 2.73. The first-order chi connectivity index (χ1) is 5.60. The third kappa shape index (κ3) is 1.59. The van der Waals surface area contributed by atoms with Crippen LogP contribution in [0.2, 0.25) is 0 Å². The molecule has 0 saturated carbocycles. The Morgan fingerprint density at radius 1 is 1.50 bits per heavy atom. The maximum absolute atomic E-state index is 10.9. The van der Waals surface area contributed by atoms with Crippen molar-refractivity contribution in [2.45, 2.75) is 18.4 Å². The number of carboxylic acid groups (broad SMARTS) is 1. The van der Waals surface area contributed by atoms with Gasteiger partial charge in [-0.1, -0.05) is 0 Å². The van der Waals surface area contributed by atoms with Gasteiger partial charge >= 0.3 is 5.97 Å². The largest absolute Gasteiger partial charge is 0.480 e. The Bertz CT molecular complexity index is 174. The Balaban J connectivity index is 2.63. The summed E-state index contributed by atoms with van der Waals surface area (Å²) < 4.78 is 0. The van der Waals surface area contributed by atoms with Crippen molar-refractivity contribution in [3.63, 3.8) is 0 Å². The van der Waals surface area contributed by atoms with Gasteiger partial charge in [0.05, 0.1) is 0 Å². The average molecular weight is 172 g/mol. The summed E-state index contributed by atoms with van der Waals surface area (Å²) in [5, 5.41) is 11.9. The molecule has 0 radical (unpaired) electrons. The fraction of sp³-hybridized carbons (Fsp3) is 0.875. The summed E-state index contributed by atoms with van der Waals surface area (Å²) in [7, 11) is 3.74. The van der Waals surface area contributed by atoms with E-state index < -0.39 is 11.5 Å². The van der Waals surface area contributed by atoms with Crippen molar-refractivity contribution in [1.82, 2.24) is 10.2 Å². The summed E-state index contributed by atoms with van der Waals surface area (Å²) in [5.41, 5.74) is -0.674. The lowest BCUT2D eigenvalue weighted by molar-refractivity contribution is -0.146. The van der Waals surface area contributed by atoms with Crippen LogP contribution in [0.3, 0.4) is 0 Å². The zero-order valence-electron chi connectivity index (χ0n) is 7.63. The van der Waals surface area contributed by atoms with Crippen molar-refractivity contribution in [3.8, 4) is 0 Å². The maximum Gasteiger partial charge on any atom is 0.323 e. The number of nitrogens with one attached hydrogen (secondary N) is 1. The third-order valence-corrected chi connectivity index (χ3v) is 2.73. The van der Waals surface area contributed by atoms with E-state index in [1.165, 1.54) is 0 Å². The lowest BCUT2D eigenvalue weighted by Crippen LogP contribution is -2.56. The molecular formula is C8H16N2O2. The molecule has 70 valence electrons. The van der Waals surface area contributed by atoms with Crippen LogP contribution < -0.4 is 5.32 Å². The number of likely N-dealkylation sites (tertiary alicyclic amines) is 1. The second-order valence-electron chi connectivity index (χ2n) is 3.44. The van der Waals surface area contributed by atoms with Gasteiger partial charge in [-0.3, -0.25) is 4.79 Å². The maximum atomic E-state index is 10.9. The lowest BCUT2D eigenvalue weighted by atomic mass is 9.88. The Kier molecular flexibility index (Phi) is 2.69. The van der Waals surface area contributed by atoms with Crippen LogP contribution in [0.1, 0.15) is 12.8 Å². The van der Waals surface area contributed by atoms with E-state index in [1.807, 2.05) is 7.05 Å². The lowest BCUT2D eigenvalue weighted by Gasteiger charge is -2.36. The molecular weight excluding hydrogens is 156 g/mol. The van der Waals surface area contributed by atoms with Gasteiger partial charge in [-0.2, -0.15) is 0 Å². The number of rotatable bonds is 2. The highest BCUT2D eigenvalue weighted by Gasteiger charge is 2.39. The minimum Gasteiger partial charge on any atom is -0.480 e. The molecule has 1 saturated heterocycles. The van der Waals surface area contributed by atoms with Gasteiger partial charge in [0.15, 0.2) is 0 Å². The van der Waals surface area contributed by atoms with Gasteiger partial charge in [-0.05, 0) is 26.9 Å². The zero-order valence-corrected chi connectivity index (χ0v) is 7.63. The van der Waals surface area contributed by atoms with Crippen molar-refractivity contribution in [2.75, 3.05) is 27.2 Å². The highest BCUT2D eigenvalue weighted by molar-refractivity contribution is 5.78. The van der Waals surface area contributed by atoms with Crippen molar-refractivity contribution in [1.29, 1.82) is 0 Å². The Morgan fingerprint density at radius 3 is 2.33 bits per heavy atom. The highest BCUT2D eigenvalue weighted by atomic mass is 16.4. The first-order valence-electron chi connectivity index (χ1n) is 4.21. The van der Waals surface area contributed by atoms with Gasteiger partial charge in [-0.25, -0.2) is 0 Å². The first-order valence-corrected chi connectivity index (χ1v) is 4.21. The molecule has 0 unspecified atom stereocenters. The van der Waals surface area contributed by atoms with Crippen LogP contribution in [-0.4, -0.2) is 48.7 Å². The number of hydrogen-bond acceptors (Lipinski definition) is 3. The van der Waals surface area contributed by atoms with E-state index in [2.05, 4.69) is 10.2 Å². The fourth-order valence-electron chi connectivity index (χ4n) is 1.57. The Morgan fingerprint density at radius 2 is 2.00 bits per heavy atom. The van der Waals surface area contributed by atoms with Gasteiger partial charge < -0.3 is 15.3 Å². The summed E-state index contributed by atoms with van der Waals surface area (Å²) in [6, 6.07) is 0. The molecule has 0 aromatic rings. The SMILES string of the molecule is CNC1(C(=O)O)CCN(C)CC1. The molecule has 1 aliphatic heterocycles. The van der Waals surface area contributed by atoms with Crippen LogP contribution in [0.15, 0.2) is 0 Å². The summed E-state index contributed by atoms with van der Waals surface area (Å²) >= 11 is 0. The van der Waals surface area contributed by atoms with Crippen LogP contribution >= 0.6 is 0 Å². The van der Waals surface area contributed by atoms with E-state index in [9.17, 15) is 4.79 Å². The number of carboxylic acids is 1. The van der Waals surface area contributed by atoms with Gasteiger partial charge in [0, 0.05) is 13.1 Å². The van der Waals surface area contributed by atoms with E-state index in [1.54, 1.807) is 7.05 Å². The number of likely N-dealkylation sites (N-methyl/N-ethyl adjacent to an activating group) is 1. The molecule has 1 heterocycles. The van der Waals surface area contributed by atoms with E-state index in [4.69, 9.17) is 5.11 Å². The molecule has 1 fully saturated rings. The molecule has 0 bridgehead atoms. The Labute approximate surface area is 72.6 Å². The summed E-state index contributed by atoms with van der Waals surface area (Å²) in [4.78, 5) is 13.1. The molecule has 0 aromatic heterocycles. The average Bonchev–Trinajstić information content (AvgIpc) is 2.06. The first kappa shape index (κ1) is 9.48.